The van der Waals surface area contributed by atoms with Crippen molar-refractivity contribution in [2.24, 2.45) is 0 Å². The van der Waals surface area contributed by atoms with Crippen LogP contribution < -0.4 is 5.32 Å². The van der Waals surface area contributed by atoms with Gasteiger partial charge in [0.15, 0.2) is 0 Å². The Hall–Kier alpha value is -3.25. The summed E-state index contributed by atoms with van der Waals surface area (Å²) < 4.78 is 19.0. The number of amides is 1. The monoisotopic (exact) mass is 391 g/mol. The van der Waals surface area contributed by atoms with Crippen LogP contribution in [0.15, 0.2) is 73.1 Å². The molecule has 1 unspecified atom stereocenters. The normalized spacial score (nSPS) is 16.4. The molecule has 0 radical (unpaired) electrons. The zero-order valence-corrected chi connectivity index (χ0v) is 15.9. The maximum atomic E-state index is 13.2. The summed E-state index contributed by atoms with van der Waals surface area (Å²) in [6.07, 6.45) is 3.27. The van der Waals surface area contributed by atoms with Crippen molar-refractivity contribution in [3.8, 4) is 0 Å². The van der Waals surface area contributed by atoms with Crippen molar-refractivity contribution in [3.05, 3.63) is 95.6 Å². The SMILES string of the molecule is O=C(c1ccccc1NCc1cccnc1)N1CCOC(c2ccc(F)cc2)C1. The van der Waals surface area contributed by atoms with E-state index in [1.807, 2.05) is 36.4 Å². The van der Waals surface area contributed by atoms with E-state index in [4.69, 9.17) is 4.74 Å². The van der Waals surface area contributed by atoms with Crippen LogP contribution in [0.4, 0.5) is 10.1 Å². The van der Waals surface area contributed by atoms with E-state index in [9.17, 15) is 9.18 Å². The average Bonchev–Trinajstić information content (AvgIpc) is 2.79. The minimum absolute atomic E-state index is 0.0466. The summed E-state index contributed by atoms with van der Waals surface area (Å²) >= 11 is 0. The molecule has 1 fully saturated rings. The van der Waals surface area contributed by atoms with Crippen molar-refractivity contribution in [2.45, 2.75) is 12.6 Å². The summed E-state index contributed by atoms with van der Waals surface area (Å²) in [6.45, 7) is 1.98. The first-order chi connectivity index (χ1) is 14.2. The molecule has 0 saturated carbocycles. The number of benzene rings is 2. The second-order valence-electron chi connectivity index (χ2n) is 6.92. The van der Waals surface area contributed by atoms with E-state index >= 15 is 0 Å². The molecule has 2 heterocycles. The van der Waals surface area contributed by atoms with Gasteiger partial charge in [-0.2, -0.15) is 0 Å². The predicted octanol–water partition coefficient (Wildman–Crippen LogP) is 4.05. The quantitative estimate of drug-likeness (QED) is 0.713. The molecule has 1 N–H and O–H groups in total. The van der Waals surface area contributed by atoms with Crippen molar-refractivity contribution >= 4 is 11.6 Å². The van der Waals surface area contributed by atoms with Gasteiger partial charge in [0.1, 0.15) is 11.9 Å². The molecule has 0 bridgehead atoms. The number of nitrogens with one attached hydrogen (secondary N) is 1. The van der Waals surface area contributed by atoms with Gasteiger partial charge in [0.2, 0.25) is 0 Å². The van der Waals surface area contributed by atoms with Crippen molar-refractivity contribution in [1.82, 2.24) is 9.88 Å². The van der Waals surface area contributed by atoms with Gasteiger partial charge in [-0.15, -0.1) is 0 Å². The highest BCUT2D eigenvalue weighted by molar-refractivity contribution is 5.99. The van der Waals surface area contributed by atoms with Gasteiger partial charge >= 0.3 is 0 Å². The number of pyridine rings is 1. The van der Waals surface area contributed by atoms with Gasteiger partial charge in [0, 0.05) is 31.2 Å². The summed E-state index contributed by atoms with van der Waals surface area (Å²) in [7, 11) is 0. The first kappa shape index (κ1) is 19.1. The fourth-order valence-corrected chi connectivity index (χ4v) is 3.41. The molecule has 1 aliphatic heterocycles. The van der Waals surface area contributed by atoms with Crippen molar-refractivity contribution in [1.29, 1.82) is 0 Å². The Kier molecular flexibility index (Phi) is 5.81. The van der Waals surface area contributed by atoms with Gasteiger partial charge in [-0.1, -0.05) is 30.3 Å². The number of para-hydroxylation sites is 1. The van der Waals surface area contributed by atoms with E-state index in [0.29, 0.717) is 31.8 Å². The number of halogens is 1. The minimum atomic E-state index is -0.286. The van der Waals surface area contributed by atoms with Crippen LogP contribution in [0.5, 0.6) is 0 Å². The largest absolute Gasteiger partial charge is 0.380 e. The van der Waals surface area contributed by atoms with Crippen molar-refractivity contribution in [3.63, 3.8) is 0 Å². The average molecular weight is 391 g/mol. The fraction of sp³-hybridized carbons (Fsp3) is 0.217. The summed E-state index contributed by atoms with van der Waals surface area (Å²) in [5.41, 5.74) is 3.31. The molecule has 29 heavy (non-hydrogen) atoms. The van der Waals surface area contributed by atoms with Crippen LogP contribution in [0.1, 0.15) is 27.6 Å². The number of aromatic nitrogens is 1. The third kappa shape index (κ3) is 4.60. The third-order valence-electron chi connectivity index (χ3n) is 4.96. The number of rotatable bonds is 5. The van der Waals surface area contributed by atoms with Crippen LogP contribution >= 0.6 is 0 Å². The lowest BCUT2D eigenvalue weighted by Crippen LogP contribution is -2.42. The second-order valence-corrected chi connectivity index (χ2v) is 6.92. The maximum absolute atomic E-state index is 13.2. The van der Waals surface area contributed by atoms with Crippen molar-refractivity contribution in [2.75, 3.05) is 25.0 Å². The molecular weight excluding hydrogens is 369 g/mol. The number of morpholine rings is 1. The summed E-state index contributed by atoms with van der Waals surface area (Å²) in [5, 5.41) is 3.34. The van der Waals surface area contributed by atoms with E-state index in [2.05, 4.69) is 10.3 Å². The standard InChI is InChI=1S/C23H22FN3O2/c24-19-9-7-18(8-10-19)22-16-27(12-13-29-22)23(28)20-5-1-2-6-21(20)26-15-17-4-3-11-25-14-17/h1-11,14,22,26H,12-13,15-16H2. The van der Waals surface area contributed by atoms with E-state index in [1.165, 1.54) is 12.1 Å². The Balaban J connectivity index is 1.48. The topological polar surface area (TPSA) is 54.5 Å². The summed E-state index contributed by atoms with van der Waals surface area (Å²) in [6, 6.07) is 17.6. The van der Waals surface area contributed by atoms with Gasteiger partial charge in [0.05, 0.1) is 18.7 Å². The lowest BCUT2D eigenvalue weighted by atomic mass is 10.1. The van der Waals surface area contributed by atoms with E-state index in [1.54, 1.807) is 29.4 Å². The molecule has 1 aromatic heterocycles. The predicted molar refractivity (Wildman–Crippen MR) is 109 cm³/mol. The zero-order valence-electron chi connectivity index (χ0n) is 15.9. The fourth-order valence-electron chi connectivity index (χ4n) is 3.41. The number of carbonyl (C=O) groups is 1. The number of ether oxygens (including phenoxy) is 1. The third-order valence-corrected chi connectivity index (χ3v) is 4.96. The molecular formula is C23H22FN3O2. The van der Waals surface area contributed by atoms with Gasteiger partial charge in [0.25, 0.3) is 5.91 Å². The number of nitrogens with zero attached hydrogens (tertiary/aromatic N) is 2. The highest BCUT2D eigenvalue weighted by atomic mass is 19.1. The zero-order chi connectivity index (χ0) is 20.1. The highest BCUT2D eigenvalue weighted by Crippen LogP contribution is 2.25. The molecule has 1 saturated heterocycles. The molecule has 4 rings (SSSR count). The molecule has 2 aromatic carbocycles. The molecule has 148 valence electrons. The van der Waals surface area contributed by atoms with E-state index in [0.717, 1.165) is 16.8 Å². The van der Waals surface area contributed by atoms with Crippen LogP contribution in [0.3, 0.4) is 0 Å². The van der Waals surface area contributed by atoms with E-state index < -0.39 is 0 Å². The Morgan fingerprint density at radius 1 is 1.14 bits per heavy atom. The molecule has 3 aromatic rings. The molecule has 6 heteroatoms. The van der Waals surface area contributed by atoms with Gasteiger partial charge in [-0.3, -0.25) is 9.78 Å². The Morgan fingerprint density at radius 2 is 1.97 bits per heavy atom. The molecule has 0 aliphatic carbocycles. The molecule has 1 atom stereocenters. The molecule has 5 nitrogen and oxygen atoms in total. The van der Waals surface area contributed by atoms with Crippen LogP contribution in [-0.2, 0) is 11.3 Å². The molecule has 1 amide bonds. The number of hydrogen-bond donors (Lipinski definition) is 1. The van der Waals surface area contributed by atoms with Crippen molar-refractivity contribution < 1.29 is 13.9 Å². The van der Waals surface area contributed by atoms with Gasteiger partial charge < -0.3 is 15.0 Å². The number of anilines is 1. The lowest BCUT2D eigenvalue weighted by Gasteiger charge is -2.33. The van der Waals surface area contributed by atoms with Crippen LogP contribution in [0.2, 0.25) is 0 Å². The van der Waals surface area contributed by atoms with Crippen LogP contribution in [0, 0.1) is 5.82 Å². The van der Waals surface area contributed by atoms with E-state index in [-0.39, 0.29) is 17.8 Å². The van der Waals surface area contributed by atoms with Gasteiger partial charge in [-0.25, -0.2) is 4.39 Å². The summed E-state index contributed by atoms with van der Waals surface area (Å²) in [5.74, 6) is -0.333. The Labute approximate surface area is 169 Å². The molecule has 0 spiro atoms. The Bertz CT molecular complexity index is 963. The smallest absolute Gasteiger partial charge is 0.256 e. The van der Waals surface area contributed by atoms with Gasteiger partial charge in [-0.05, 0) is 41.5 Å². The second kappa shape index (κ2) is 8.84. The summed E-state index contributed by atoms with van der Waals surface area (Å²) in [4.78, 5) is 19.1. The van der Waals surface area contributed by atoms with Crippen LogP contribution in [0.25, 0.3) is 0 Å². The molecule has 1 aliphatic rings. The Morgan fingerprint density at radius 3 is 2.76 bits per heavy atom. The lowest BCUT2D eigenvalue weighted by molar-refractivity contribution is -0.0228. The number of carbonyl (C=O) groups excluding carboxylic acids is 1. The maximum Gasteiger partial charge on any atom is 0.256 e. The number of hydrogen-bond acceptors (Lipinski definition) is 4. The van der Waals surface area contributed by atoms with Crippen LogP contribution in [-0.4, -0.2) is 35.5 Å². The minimum Gasteiger partial charge on any atom is -0.380 e. The highest BCUT2D eigenvalue weighted by Gasteiger charge is 2.27. The first-order valence-corrected chi connectivity index (χ1v) is 9.59. The first-order valence-electron chi connectivity index (χ1n) is 9.59.